The van der Waals surface area contributed by atoms with Crippen LogP contribution in [0.2, 0.25) is 0 Å². The van der Waals surface area contributed by atoms with Crippen molar-refractivity contribution >= 4 is 27.4 Å². The minimum absolute atomic E-state index is 0.0418. The first-order chi connectivity index (χ1) is 8.54. The molecule has 1 aromatic heterocycles. The smallest absolute Gasteiger partial charge is 0.291 e. The zero-order valence-corrected chi connectivity index (χ0v) is 11.7. The van der Waals surface area contributed by atoms with Crippen molar-refractivity contribution in [1.29, 1.82) is 0 Å². The standard InChI is InChI=1S/C11H15BrN4O2/c1-7-9(16(17)18)5-14-11(10(7)12)15-3-2-8(4-13)6-15/h5,8H,2-4,6,13H2,1H3. The minimum atomic E-state index is -0.413. The van der Waals surface area contributed by atoms with Crippen molar-refractivity contribution < 1.29 is 4.92 Å². The van der Waals surface area contributed by atoms with Crippen LogP contribution < -0.4 is 10.6 Å². The third-order valence-corrected chi connectivity index (χ3v) is 4.28. The number of nitro groups is 1. The van der Waals surface area contributed by atoms with E-state index in [1.165, 1.54) is 6.20 Å². The summed E-state index contributed by atoms with van der Waals surface area (Å²) < 4.78 is 0.703. The van der Waals surface area contributed by atoms with Gasteiger partial charge in [-0.25, -0.2) is 4.98 Å². The van der Waals surface area contributed by atoms with Gasteiger partial charge in [0.15, 0.2) is 0 Å². The Morgan fingerprint density at radius 2 is 2.44 bits per heavy atom. The molecule has 98 valence electrons. The van der Waals surface area contributed by atoms with Crippen LogP contribution in [0.5, 0.6) is 0 Å². The molecule has 1 aliphatic rings. The normalized spacial score (nSPS) is 19.3. The van der Waals surface area contributed by atoms with Crippen molar-refractivity contribution in [3.05, 3.63) is 26.3 Å². The SMILES string of the molecule is Cc1c([N+](=O)[O-])cnc(N2CCC(CN)C2)c1Br. The van der Waals surface area contributed by atoms with Gasteiger partial charge in [-0.2, -0.15) is 0 Å². The molecule has 0 amide bonds. The maximum atomic E-state index is 10.8. The van der Waals surface area contributed by atoms with E-state index in [2.05, 4.69) is 25.8 Å². The van der Waals surface area contributed by atoms with Crippen LogP contribution in [0.25, 0.3) is 0 Å². The van der Waals surface area contributed by atoms with Crippen LogP contribution in [0.3, 0.4) is 0 Å². The van der Waals surface area contributed by atoms with Crippen molar-refractivity contribution in [3.8, 4) is 0 Å². The van der Waals surface area contributed by atoms with Gasteiger partial charge in [0.2, 0.25) is 0 Å². The van der Waals surface area contributed by atoms with E-state index < -0.39 is 4.92 Å². The summed E-state index contributed by atoms with van der Waals surface area (Å²) in [5.41, 5.74) is 6.31. The fourth-order valence-corrected chi connectivity index (χ4v) is 2.73. The molecule has 2 heterocycles. The first-order valence-corrected chi connectivity index (χ1v) is 6.58. The molecule has 6 nitrogen and oxygen atoms in total. The summed E-state index contributed by atoms with van der Waals surface area (Å²) in [7, 11) is 0. The van der Waals surface area contributed by atoms with Crippen LogP contribution in [-0.2, 0) is 0 Å². The van der Waals surface area contributed by atoms with E-state index in [9.17, 15) is 10.1 Å². The van der Waals surface area contributed by atoms with E-state index in [-0.39, 0.29) is 5.69 Å². The van der Waals surface area contributed by atoms with Gasteiger partial charge in [0.1, 0.15) is 12.0 Å². The van der Waals surface area contributed by atoms with Gasteiger partial charge in [0.05, 0.1) is 9.40 Å². The lowest BCUT2D eigenvalue weighted by Gasteiger charge is -2.19. The van der Waals surface area contributed by atoms with Crippen LogP contribution in [0, 0.1) is 23.0 Å². The molecule has 1 aliphatic heterocycles. The molecule has 1 atom stereocenters. The average Bonchev–Trinajstić information content (AvgIpc) is 2.80. The second-order valence-corrected chi connectivity index (χ2v) is 5.29. The van der Waals surface area contributed by atoms with Crippen molar-refractivity contribution in [2.75, 3.05) is 24.5 Å². The Morgan fingerprint density at radius 1 is 1.72 bits per heavy atom. The second kappa shape index (κ2) is 5.19. The lowest BCUT2D eigenvalue weighted by atomic mass is 10.1. The van der Waals surface area contributed by atoms with Gasteiger partial charge in [0, 0.05) is 18.7 Å². The second-order valence-electron chi connectivity index (χ2n) is 4.50. The summed E-state index contributed by atoms with van der Waals surface area (Å²) in [6.07, 6.45) is 2.37. The van der Waals surface area contributed by atoms with Gasteiger partial charge >= 0.3 is 0 Å². The van der Waals surface area contributed by atoms with E-state index in [1.54, 1.807) is 6.92 Å². The molecule has 0 aromatic carbocycles. The van der Waals surface area contributed by atoms with Crippen molar-refractivity contribution in [3.63, 3.8) is 0 Å². The average molecular weight is 315 g/mol. The molecule has 0 spiro atoms. The highest BCUT2D eigenvalue weighted by Crippen LogP contribution is 2.34. The largest absolute Gasteiger partial charge is 0.355 e. The van der Waals surface area contributed by atoms with Crippen molar-refractivity contribution in [2.24, 2.45) is 11.7 Å². The molecular formula is C11H15BrN4O2. The summed E-state index contributed by atoms with van der Waals surface area (Å²) >= 11 is 3.41. The van der Waals surface area contributed by atoms with Gasteiger partial charge in [-0.3, -0.25) is 10.1 Å². The molecular weight excluding hydrogens is 300 g/mol. The van der Waals surface area contributed by atoms with Crippen molar-refractivity contribution in [2.45, 2.75) is 13.3 Å². The minimum Gasteiger partial charge on any atom is -0.355 e. The topological polar surface area (TPSA) is 85.3 Å². The fraction of sp³-hybridized carbons (Fsp3) is 0.545. The van der Waals surface area contributed by atoms with E-state index in [0.717, 1.165) is 25.3 Å². The van der Waals surface area contributed by atoms with E-state index in [4.69, 9.17) is 5.73 Å². The molecule has 18 heavy (non-hydrogen) atoms. The Morgan fingerprint density at radius 3 is 3.00 bits per heavy atom. The van der Waals surface area contributed by atoms with Crippen LogP contribution in [-0.4, -0.2) is 29.5 Å². The quantitative estimate of drug-likeness (QED) is 0.679. The molecule has 2 rings (SSSR count). The molecule has 0 aliphatic carbocycles. The number of hydrogen-bond donors (Lipinski definition) is 1. The Bertz CT molecular complexity index is 480. The molecule has 2 N–H and O–H groups in total. The Labute approximate surface area is 113 Å². The Hall–Kier alpha value is -1.21. The number of pyridine rings is 1. The van der Waals surface area contributed by atoms with E-state index in [0.29, 0.717) is 22.5 Å². The van der Waals surface area contributed by atoms with Crippen LogP contribution >= 0.6 is 15.9 Å². The van der Waals surface area contributed by atoms with Gasteiger partial charge in [-0.15, -0.1) is 0 Å². The summed E-state index contributed by atoms with van der Waals surface area (Å²) in [5, 5.41) is 10.8. The van der Waals surface area contributed by atoms with Crippen molar-refractivity contribution in [1.82, 2.24) is 4.98 Å². The number of anilines is 1. The molecule has 1 aromatic rings. The predicted octanol–water partition coefficient (Wildman–Crippen LogP) is 1.85. The number of nitrogens with two attached hydrogens (primary N) is 1. The van der Waals surface area contributed by atoms with Gasteiger partial charge in [0.25, 0.3) is 5.69 Å². The number of halogens is 1. The fourth-order valence-electron chi connectivity index (χ4n) is 2.18. The summed E-state index contributed by atoms with van der Waals surface area (Å²) in [4.78, 5) is 16.7. The highest BCUT2D eigenvalue weighted by Gasteiger charge is 2.26. The highest BCUT2D eigenvalue weighted by atomic mass is 79.9. The summed E-state index contributed by atoms with van der Waals surface area (Å²) in [6.45, 7) is 4.15. The molecule has 1 fully saturated rings. The predicted molar refractivity (Wildman–Crippen MR) is 72.7 cm³/mol. The number of hydrogen-bond acceptors (Lipinski definition) is 5. The molecule has 7 heteroatoms. The highest BCUT2D eigenvalue weighted by molar-refractivity contribution is 9.10. The summed E-state index contributed by atoms with van der Waals surface area (Å²) in [5.74, 6) is 1.25. The van der Waals surface area contributed by atoms with Crippen LogP contribution in [0.15, 0.2) is 10.7 Å². The molecule has 0 radical (unpaired) electrons. The molecule has 1 saturated heterocycles. The first kappa shape index (κ1) is 13.2. The third kappa shape index (κ3) is 2.32. The lowest BCUT2D eigenvalue weighted by molar-refractivity contribution is -0.385. The molecule has 0 saturated carbocycles. The maximum absolute atomic E-state index is 10.8. The first-order valence-electron chi connectivity index (χ1n) is 5.79. The van der Waals surface area contributed by atoms with E-state index in [1.807, 2.05) is 0 Å². The maximum Gasteiger partial charge on any atom is 0.291 e. The van der Waals surface area contributed by atoms with Crippen LogP contribution in [0.1, 0.15) is 12.0 Å². The van der Waals surface area contributed by atoms with Gasteiger partial charge in [-0.1, -0.05) is 0 Å². The monoisotopic (exact) mass is 314 g/mol. The summed E-state index contributed by atoms with van der Waals surface area (Å²) in [6, 6.07) is 0. The van der Waals surface area contributed by atoms with Gasteiger partial charge < -0.3 is 10.6 Å². The Balaban J connectivity index is 2.30. The van der Waals surface area contributed by atoms with E-state index >= 15 is 0 Å². The number of aromatic nitrogens is 1. The molecule has 0 bridgehead atoms. The number of nitrogens with zero attached hydrogens (tertiary/aromatic N) is 3. The third-order valence-electron chi connectivity index (χ3n) is 3.33. The van der Waals surface area contributed by atoms with Gasteiger partial charge in [-0.05, 0) is 41.7 Å². The number of rotatable bonds is 3. The zero-order chi connectivity index (χ0) is 13.3. The lowest BCUT2D eigenvalue weighted by Crippen LogP contribution is -2.24. The molecule has 1 unspecified atom stereocenters. The van der Waals surface area contributed by atoms with Crippen LogP contribution in [0.4, 0.5) is 11.5 Å². The zero-order valence-electron chi connectivity index (χ0n) is 10.1. The Kier molecular flexibility index (Phi) is 3.82.